The van der Waals surface area contributed by atoms with Crippen LogP contribution >= 0.6 is 0 Å². The Morgan fingerprint density at radius 1 is 1.56 bits per heavy atom. The molecule has 1 saturated carbocycles. The highest BCUT2D eigenvalue weighted by atomic mass is 16.5. The number of hydrogen-bond donors (Lipinski definition) is 1. The molecular weight excluding hydrogens is 228 g/mol. The second-order valence-electron chi connectivity index (χ2n) is 4.94. The van der Waals surface area contributed by atoms with E-state index >= 15 is 0 Å². The largest absolute Gasteiger partial charge is 0.378 e. The van der Waals surface area contributed by atoms with Gasteiger partial charge in [-0.15, -0.1) is 0 Å². The maximum absolute atomic E-state index is 12.4. The number of Topliss-reactive ketones (excluding diaryl/α,β-unsaturated/α-hetero) is 1. The summed E-state index contributed by atoms with van der Waals surface area (Å²) in [6, 6.07) is 3.77. The summed E-state index contributed by atoms with van der Waals surface area (Å²) in [4.78, 5) is 19.6. The summed E-state index contributed by atoms with van der Waals surface area (Å²) < 4.78 is 5.51. The average Bonchev–Trinajstić information content (AvgIpc) is 2.77. The van der Waals surface area contributed by atoms with Gasteiger partial charge < -0.3 is 9.72 Å². The van der Waals surface area contributed by atoms with Crippen molar-refractivity contribution in [3.05, 3.63) is 30.1 Å². The fourth-order valence-corrected chi connectivity index (χ4v) is 2.60. The molecule has 0 aliphatic heterocycles. The molecule has 0 atom stereocenters. The van der Waals surface area contributed by atoms with Gasteiger partial charge in [-0.1, -0.05) is 0 Å². The van der Waals surface area contributed by atoms with Crippen LogP contribution in [-0.4, -0.2) is 28.5 Å². The molecule has 0 unspecified atom stereocenters. The number of carbonyl (C=O) groups excluding carboxylic acids is 1. The van der Waals surface area contributed by atoms with E-state index < -0.39 is 0 Å². The van der Waals surface area contributed by atoms with E-state index in [1.54, 1.807) is 19.5 Å². The van der Waals surface area contributed by atoms with Crippen LogP contribution in [0.25, 0.3) is 11.0 Å². The third-order valence-electron chi connectivity index (χ3n) is 3.93. The number of pyridine rings is 1. The van der Waals surface area contributed by atoms with Crippen molar-refractivity contribution in [2.75, 3.05) is 7.11 Å². The zero-order valence-corrected chi connectivity index (χ0v) is 10.4. The lowest BCUT2D eigenvalue weighted by atomic mass is 9.76. The molecule has 4 heteroatoms. The van der Waals surface area contributed by atoms with Crippen molar-refractivity contribution in [3.63, 3.8) is 0 Å². The number of hydrogen-bond acceptors (Lipinski definition) is 3. The molecule has 2 aromatic rings. The lowest BCUT2D eigenvalue weighted by Gasteiger charge is -2.39. The molecule has 0 bridgehead atoms. The van der Waals surface area contributed by atoms with Crippen molar-refractivity contribution >= 4 is 16.8 Å². The Morgan fingerprint density at radius 3 is 3.06 bits per heavy atom. The minimum Gasteiger partial charge on any atom is -0.378 e. The van der Waals surface area contributed by atoms with E-state index in [-0.39, 0.29) is 11.4 Å². The quantitative estimate of drug-likeness (QED) is 0.841. The molecule has 1 N–H and O–H groups in total. The van der Waals surface area contributed by atoms with Crippen molar-refractivity contribution in [1.29, 1.82) is 0 Å². The predicted octanol–water partition coefficient (Wildman–Crippen LogP) is 2.70. The highest BCUT2D eigenvalue weighted by Gasteiger charge is 2.39. The third kappa shape index (κ3) is 1.73. The lowest BCUT2D eigenvalue weighted by molar-refractivity contribution is -0.0704. The van der Waals surface area contributed by atoms with Crippen LogP contribution in [-0.2, 0) is 4.74 Å². The van der Waals surface area contributed by atoms with Gasteiger partial charge >= 0.3 is 0 Å². The molecule has 0 radical (unpaired) electrons. The number of carbonyl (C=O) groups is 1. The van der Waals surface area contributed by atoms with E-state index in [4.69, 9.17) is 4.74 Å². The molecule has 2 heterocycles. The molecule has 1 aliphatic rings. The summed E-state index contributed by atoms with van der Waals surface area (Å²) in [5.74, 6) is 0.135. The van der Waals surface area contributed by atoms with Crippen molar-refractivity contribution in [3.8, 4) is 0 Å². The Hall–Kier alpha value is -1.68. The second-order valence-corrected chi connectivity index (χ2v) is 4.94. The molecule has 2 aromatic heterocycles. The van der Waals surface area contributed by atoms with E-state index in [1.165, 1.54) is 0 Å². The number of aromatic amines is 1. The predicted molar refractivity (Wildman–Crippen MR) is 68.6 cm³/mol. The number of aromatic nitrogens is 2. The number of H-pyrrole nitrogens is 1. The number of ether oxygens (including phenoxy) is 1. The average molecular weight is 244 g/mol. The molecule has 4 nitrogen and oxygen atoms in total. The summed E-state index contributed by atoms with van der Waals surface area (Å²) in [6.45, 7) is 0. The molecule has 94 valence electrons. The van der Waals surface area contributed by atoms with E-state index in [2.05, 4.69) is 9.97 Å². The normalized spacial score (nSPS) is 17.6. The summed E-state index contributed by atoms with van der Waals surface area (Å²) in [5.41, 5.74) is 1.27. The zero-order chi connectivity index (χ0) is 12.6. The smallest absolute Gasteiger partial charge is 0.167 e. The fourth-order valence-electron chi connectivity index (χ4n) is 2.60. The number of fused-ring (bicyclic) bond motifs is 1. The fraction of sp³-hybridized carbons (Fsp3) is 0.429. The second kappa shape index (κ2) is 4.21. The minimum absolute atomic E-state index is 0.135. The number of methoxy groups -OCH3 is 1. The Morgan fingerprint density at radius 2 is 2.39 bits per heavy atom. The van der Waals surface area contributed by atoms with Crippen LogP contribution < -0.4 is 0 Å². The van der Waals surface area contributed by atoms with Crippen molar-refractivity contribution < 1.29 is 9.53 Å². The maximum atomic E-state index is 12.4. The minimum atomic E-state index is -0.219. The topological polar surface area (TPSA) is 55.0 Å². The van der Waals surface area contributed by atoms with Crippen molar-refractivity contribution in [1.82, 2.24) is 9.97 Å². The molecule has 1 aliphatic carbocycles. The number of ketones is 1. The standard InChI is InChI=1S/C14H16N2O2/c1-18-14(5-3-6-14)8-12(17)11-9-16-13-10(11)4-2-7-15-13/h2,4,7,9H,3,5-6,8H2,1H3,(H,15,16). The molecule has 1 fully saturated rings. The van der Waals surface area contributed by atoms with Gasteiger partial charge in [0.2, 0.25) is 0 Å². The van der Waals surface area contributed by atoms with Crippen molar-refractivity contribution in [2.45, 2.75) is 31.3 Å². The summed E-state index contributed by atoms with van der Waals surface area (Å²) in [7, 11) is 1.70. The van der Waals surface area contributed by atoms with Crippen LogP contribution in [0.1, 0.15) is 36.0 Å². The van der Waals surface area contributed by atoms with Crippen LogP contribution in [0.15, 0.2) is 24.5 Å². The lowest BCUT2D eigenvalue weighted by Crippen LogP contribution is -2.41. The highest BCUT2D eigenvalue weighted by molar-refractivity contribution is 6.07. The molecule has 0 spiro atoms. The Labute approximate surface area is 105 Å². The van der Waals surface area contributed by atoms with Gasteiger partial charge in [-0.25, -0.2) is 4.98 Å². The monoisotopic (exact) mass is 244 g/mol. The molecule has 0 aromatic carbocycles. The van der Waals surface area contributed by atoms with E-state index in [9.17, 15) is 4.79 Å². The first-order chi connectivity index (χ1) is 8.74. The van der Waals surface area contributed by atoms with E-state index in [1.807, 2.05) is 12.1 Å². The first kappa shape index (κ1) is 11.4. The Bertz CT molecular complexity index is 579. The van der Waals surface area contributed by atoms with Gasteiger partial charge in [0, 0.05) is 36.9 Å². The van der Waals surface area contributed by atoms with Crippen molar-refractivity contribution in [2.24, 2.45) is 0 Å². The van der Waals surface area contributed by atoms with Gasteiger partial charge in [-0.05, 0) is 31.4 Å². The summed E-state index contributed by atoms with van der Waals surface area (Å²) in [6.07, 6.45) is 7.05. The SMILES string of the molecule is COC1(CC(=O)c2c[nH]c3ncccc23)CCC1. The van der Waals surface area contributed by atoms with E-state index in [0.717, 1.165) is 35.9 Å². The summed E-state index contributed by atoms with van der Waals surface area (Å²) in [5, 5.41) is 0.896. The number of nitrogens with one attached hydrogen (secondary N) is 1. The first-order valence-electron chi connectivity index (χ1n) is 6.25. The Kier molecular flexibility index (Phi) is 2.67. The van der Waals surface area contributed by atoms with Gasteiger partial charge in [-0.3, -0.25) is 4.79 Å². The third-order valence-corrected chi connectivity index (χ3v) is 3.93. The van der Waals surface area contributed by atoms with Crippen LogP contribution in [0.3, 0.4) is 0 Å². The molecule has 3 rings (SSSR count). The van der Waals surface area contributed by atoms with Crippen LogP contribution in [0.5, 0.6) is 0 Å². The van der Waals surface area contributed by atoms with Gasteiger partial charge in [-0.2, -0.15) is 0 Å². The summed E-state index contributed by atoms with van der Waals surface area (Å²) >= 11 is 0. The first-order valence-corrected chi connectivity index (χ1v) is 6.25. The van der Waals surface area contributed by atoms with Gasteiger partial charge in [0.05, 0.1) is 5.60 Å². The van der Waals surface area contributed by atoms with Gasteiger partial charge in [0.15, 0.2) is 5.78 Å². The number of rotatable bonds is 4. The highest BCUT2D eigenvalue weighted by Crippen LogP contribution is 2.39. The maximum Gasteiger partial charge on any atom is 0.167 e. The molecule has 18 heavy (non-hydrogen) atoms. The van der Waals surface area contributed by atoms with Gasteiger partial charge in [0.1, 0.15) is 5.65 Å². The van der Waals surface area contributed by atoms with Crippen LogP contribution in [0, 0.1) is 0 Å². The van der Waals surface area contributed by atoms with E-state index in [0.29, 0.717) is 6.42 Å². The molecule has 0 saturated heterocycles. The molecule has 0 amide bonds. The number of nitrogens with zero attached hydrogens (tertiary/aromatic N) is 1. The molecular formula is C14H16N2O2. The van der Waals surface area contributed by atoms with Crippen LogP contribution in [0.2, 0.25) is 0 Å². The zero-order valence-electron chi connectivity index (χ0n) is 10.4. The van der Waals surface area contributed by atoms with Gasteiger partial charge in [0.25, 0.3) is 0 Å². The Balaban J connectivity index is 1.88. The van der Waals surface area contributed by atoms with Crippen LogP contribution in [0.4, 0.5) is 0 Å².